The Bertz CT molecular complexity index is 3510. The molecule has 2 saturated heterocycles. The Morgan fingerprint density at radius 2 is 1.70 bits per heavy atom. The number of carbonyl (C=O) groups excluding carboxylic acids is 1. The number of amides is 1. The van der Waals surface area contributed by atoms with Crippen molar-refractivity contribution in [2.75, 3.05) is 6.61 Å². The molecule has 3 aliphatic heterocycles. The van der Waals surface area contributed by atoms with E-state index in [1.54, 1.807) is 30.7 Å². The Hall–Kier alpha value is -6.95. The molecule has 0 spiro atoms. The van der Waals surface area contributed by atoms with Crippen LogP contribution in [0.1, 0.15) is 109 Å². The second-order valence-electron chi connectivity index (χ2n) is 19.6. The number of H-pyrrole nitrogens is 1. The number of aromatic amines is 1. The van der Waals surface area contributed by atoms with E-state index in [0.29, 0.717) is 77.7 Å². The smallest absolute Gasteiger partial charge is 0.376 e. The van der Waals surface area contributed by atoms with Crippen molar-refractivity contribution in [3.63, 3.8) is 0 Å². The molecule has 15 nitrogen and oxygen atoms in total. The summed E-state index contributed by atoms with van der Waals surface area (Å²) in [6.07, 6.45) is 7.91. The first-order valence-corrected chi connectivity index (χ1v) is 22.7. The number of hydrogen-bond acceptors (Lipinski definition) is 8. The van der Waals surface area contributed by atoms with Gasteiger partial charge in [-0.1, -0.05) is 18.1 Å². The van der Waals surface area contributed by atoms with Crippen molar-refractivity contribution >= 4 is 27.7 Å². The Kier molecular flexibility index (Phi) is 8.84. The molecule has 8 aromatic rings. The van der Waals surface area contributed by atoms with Crippen LogP contribution in [0, 0.1) is 37.2 Å². The number of ether oxygens (including phenoxy) is 1. The molecule has 67 heavy (non-hydrogen) atoms. The number of rotatable bonds is 7. The van der Waals surface area contributed by atoms with Crippen molar-refractivity contribution in [3.8, 4) is 17.2 Å². The molecule has 344 valence electrons. The molecule has 1 aliphatic carbocycles. The van der Waals surface area contributed by atoms with Gasteiger partial charge in [0.05, 0.1) is 40.3 Å². The van der Waals surface area contributed by atoms with Gasteiger partial charge in [0.1, 0.15) is 28.4 Å². The fourth-order valence-electron chi connectivity index (χ4n) is 11.8. The maximum atomic E-state index is 16.2. The monoisotopic (exact) mass is 912 g/mol. The molecule has 8 heterocycles. The van der Waals surface area contributed by atoms with Gasteiger partial charge in [-0.2, -0.15) is 10.2 Å². The number of nitrogens with one attached hydrogen (secondary N) is 1. The van der Waals surface area contributed by atoms with Crippen LogP contribution in [-0.4, -0.2) is 72.5 Å². The van der Waals surface area contributed by atoms with Gasteiger partial charge in [-0.3, -0.25) is 28.1 Å². The largest absolute Gasteiger partial charge is 0.438 e. The number of aromatic nitrogens is 9. The van der Waals surface area contributed by atoms with Gasteiger partial charge in [-0.15, -0.1) is 0 Å². The predicted molar refractivity (Wildman–Crippen MR) is 240 cm³/mol. The number of nitrogens with zero attached hydrogens (tertiary/aromatic N) is 9. The van der Waals surface area contributed by atoms with Gasteiger partial charge in [0.15, 0.2) is 17.5 Å². The first-order chi connectivity index (χ1) is 32.0. The molecule has 5 aromatic heterocycles. The molecule has 2 bridgehead atoms. The highest BCUT2D eigenvalue weighted by molar-refractivity contribution is 6.00. The summed E-state index contributed by atoms with van der Waals surface area (Å²) in [5.74, 6) is -2.01. The summed E-state index contributed by atoms with van der Waals surface area (Å²) in [5, 5.41) is 14.1. The number of hydrogen-bond donors (Lipinski definition) is 1. The zero-order valence-electron chi connectivity index (χ0n) is 37.7. The molecule has 0 radical (unpaired) electrons. The standard InChI is InChI=1S/C49H47F3N10O5/c1-24-15-31(16-25(2)40(24)51)62-43(59-13-12-58(47(59)65)37-20-33(50)42-32(41(37)52)23-53-57(42)6)39-34(55-62)19-30-8-10-36(39)60(30)44(63)38-18-29-17-27(28-11-14-66-48(4,5)22-28)7-9-35(29)61(38)49(21-26(49)3)45-54-46(64)67-56-45/h7,9,12-13,15-18,20,23,26,28,30,36H,8,10-11,14,19,21-22H2,1-6H3,(H,54,56,64)/t26-,28-,30+,36-,49-/m0/s1. The molecule has 1 amide bonds. The Balaban J connectivity index is 1.02. The fourth-order valence-corrected chi connectivity index (χ4v) is 11.8. The topological polar surface area (TPSA) is 156 Å². The van der Waals surface area contributed by atoms with Crippen LogP contribution in [0.3, 0.4) is 0 Å². The molecule has 4 aliphatic rings. The number of imidazole rings is 1. The lowest BCUT2D eigenvalue weighted by atomic mass is 9.83. The van der Waals surface area contributed by atoms with Crippen LogP contribution in [0.15, 0.2) is 75.2 Å². The Labute approximate surface area is 380 Å². The van der Waals surface area contributed by atoms with Gasteiger partial charge in [0.2, 0.25) is 0 Å². The molecular weight excluding hydrogens is 866 g/mol. The van der Waals surface area contributed by atoms with E-state index in [9.17, 15) is 9.59 Å². The zero-order valence-corrected chi connectivity index (χ0v) is 37.7. The van der Waals surface area contributed by atoms with Gasteiger partial charge in [0, 0.05) is 61.0 Å². The van der Waals surface area contributed by atoms with Crippen LogP contribution < -0.4 is 11.4 Å². The molecule has 0 unspecified atom stereocenters. The third-order valence-electron chi connectivity index (χ3n) is 15.0. The molecular formula is C49H47F3N10O5. The predicted octanol–water partition coefficient (Wildman–Crippen LogP) is 7.72. The van der Waals surface area contributed by atoms with E-state index in [1.165, 1.54) is 34.9 Å². The van der Waals surface area contributed by atoms with Gasteiger partial charge in [0.25, 0.3) is 5.91 Å². The summed E-state index contributed by atoms with van der Waals surface area (Å²) in [6, 6.07) is 11.7. The molecule has 12 rings (SSSR count). The Morgan fingerprint density at radius 3 is 2.42 bits per heavy atom. The third-order valence-corrected chi connectivity index (χ3v) is 15.0. The molecule has 3 aromatic carbocycles. The minimum Gasteiger partial charge on any atom is -0.376 e. The van der Waals surface area contributed by atoms with Crippen molar-refractivity contribution in [2.24, 2.45) is 13.0 Å². The van der Waals surface area contributed by atoms with Crippen LogP contribution in [0.2, 0.25) is 0 Å². The van der Waals surface area contributed by atoms with Crippen molar-refractivity contribution in [2.45, 2.75) is 102 Å². The van der Waals surface area contributed by atoms with Crippen LogP contribution >= 0.6 is 0 Å². The fraction of sp³-hybridized carbons (Fsp3) is 0.388. The van der Waals surface area contributed by atoms with Crippen LogP contribution in [0.4, 0.5) is 13.2 Å². The average Bonchev–Trinajstić information content (AvgIpc) is 4.00. The van der Waals surface area contributed by atoms with Crippen molar-refractivity contribution in [1.82, 2.24) is 48.3 Å². The molecule has 1 saturated carbocycles. The lowest BCUT2D eigenvalue weighted by Crippen LogP contribution is -2.43. The normalized spacial score (nSPS) is 23.1. The number of halogens is 3. The number of aryl methyl sites for hydroxylation is 3. The Morgan fingerprint density at radius 1 is 0.940 bits per heavy atom. The summed E-state index contributed by atoms with van der Waals surface area (Å²) in [4.78, 5) is 47.7. The molecule has 5 atom stereocenters. The summed E-state index contributed by atoms with van der Waals surface area (Å²) in [6.45, 7) is 10.2. The van der Waals surface area contributed by atoms with Crippen molar-refractivity contribution in [1.29, 1.82) is 0 Å². The minimum absolute atomic E-state index is 0.0170. The van der Waals surface area contributed by atoms with Gasteiger partial charge in [-0.25, -0.2) is 27.4 Å². The SMILES string of the molecule is Cc1cc(-n2nc3c(c2-n2ccn(-c4cc(F)c5c(cnn5C)c4F)c2=O)[C@@H]2CC[C@H](C3)N2C(=O)c2cc3cc([C@H]4CCOC(C)(C)C4)ccc3n2[C@@]2(c3noc(=O)[nH]3)C[C@@H]2C)cc(C)c1F. The summed E-state index contributed by atoms with van der Waals surface area (Å²) in [5.41, 5.74) is 2.68. The van der Waals surface area contributed by atoms with E-state index < -0.39 is 34.7 Å². The van der Waals surface area contributed by atoms with E-state index >= 15 is 18.0 Å². The average molecular weight is 913 g/mol. The second kappa shape index (κ2) is 14.3. The first kappa shape index (κ1) is 41.5. The highest BCUT2D eigenvalue weighted by Crippen LogP contribution is 2.57. The maximum absolute atomic E-state index is 16.2. The third kappa shape index (κ3) is 5.99. The van der Waals surface area contributed by atoms with E-state index in [1.807, 2.05) is 15.5 Å². The van der Waals surface area contributed by atoms with E-state index in [2.05, 4.69) is 54.2 Å². The van der Waals surface area contributed by atoms with Crippen LogP contribution in [0.25, 0.3) is 39.0 Å². The second-order valence-corrected chi connectivity index (χ2v) is 19.6. The molecule has 3 fully saturated rings. The van der Waals surface area contributed by atoms with E-state index in [0.717, 1.165) is 39.9 Å². The van der Waals surface area contributed by atoms with Gasteiger partial charge < -0.3 is 14.2 Å². The summed E-state index contributed by atoms with van der Waals surface area (Å²) >= 11 is 0. The maximum Gasteiger partial charge on any atom is 0.438 e. The first-order valence-electron chi connectivity index (χ1n) is 22.7. The van der Waals surface area contributed by atoms with E-state index in [4.69, 9.17) is 14.4 Å². The van der Waals surface area contributed by atoms with Crippen LogP contribution in [0.5, 0.6) is 0 Å². The number of benzene rings is 3. The quantitative estimate of drug-likeness (QED) is 0.170. The lowest BCUT2D eigenvalue weighted by Gasteiger charge is -2.36. The minimum atomic E-state index is -0.876. The number of carbonyl (C=O) groups is 1. The zero-order chi connectivity index (χ0) is 46.6. The summed E-state index contributed by atoms with van der Waals surface area (Å²) in [7, 11) is 1.51. The van der Waals surface area contributed by atoms with Crippen LogP contribution in [-0.2, 0) is 23.7 Å². The van der Waals surface area contributed by atoms with Crippen molar-refractivity contribution < 1.29 is 27.2 Å². The highest BCUT2D eigenvalue weighted by Gasteiger charge is 2.59. The van der Waals surface area contributed by atoms with Gasteiger partial charge in [-0.05, 0) is 119 Å². The summed E-state index contributed by atoms with van der Waals surface area (Å²) < 4.78 is 65.3. The van der Waals surface area contributed by atoms with Crippen molar-refractivity contribution in [3.05, 3.63) is 139 Å². The number of fused-ring (bicyclic) bond motifs is 6. The van der Waals surface area contributed by atoms with Gasteiger partial charge >= 0.3 is 11.4 Å². The highest BCUT2D eigenvalue weighted by atomic mass is 19.1. The molecule has 18 heteroatoms. The van der Waals surface area contributed by atoms with E-state index in [-0.39, 0.29) is 51.8 Å². The molecule has 1 N–H and O–H groups in total. The lowest BCUT2D eigenvalue weighted by molar-refractivity contribution is -0.0592.